The lowest BCUT2D eigenvalue weighted by atomic mass is 10.0. The van der Waals surface area contributed by atoms with Crippen molar-refractivity contribution >= 4 is 5.97 Å². The number of unbranched alkanes of at least 4 members (excludes halogenated alkanes) is 7. The predicted octanol–water partition coefficient (Wildman–Crippen LogP) is 6.82. The summed E-state index contributed by atoms with van der Waals surface area (Å²) in [6.45, 7) is 4.29. The number of hydrogen-bond donors (Lipinski definition) is 0. The lowest BCUT2D eigenvalue weighted by molar-refractivity contribution is 0.0245. The van der Waals surface area contributed by atoms with Gasteiger partial charge in [0.25, 0.3) is 0 Å². The van der Waals surface area contributed by atoms with Crippen molar-refractivity contribution in [3.63, 3.8) is 0 Å². The Hall–Kier alpha value is -1.45. The number of ether oxygens (including phenoxy) is 1. The van der Waals surface area contributed by atoms with Crippen LogP contribution in [0.4, 0.5) is 8.78 Å². The van der Waals surface area contributed by atoms with Gasteiger partial charge in [0.1, 0.15) is 17.7 Å². The van der Waals surface area contributed by atoms with E-state index in [1.807, 2.05) is 0 Å². The summed E-state index contributed by atoms with van der Waals surface area (Å²) in [5, 5.41) is 0. The van der Waals surface area contributed by atoms with Crippen LogP contribution in [0.5, 0.6) is 0 Å². The van der Waals surface area contributed by atoms with Crippen LogP contribution in [0.1, 0.15) is 94.8 Å². The molecule has 1 atom stereocenters. The van der Waals surface area contributed by atoms with Crippen molar-refractivity contribution in [2.45, 2.75) is 90.6 Å². The van der Waals surface area contributed by atoms with E-state index in [-0.39, 0.29) is 11.7 Å². The molecule has 0 saturated carbocycles. The first kappa shape index (κ1) is 21.6. The highest BCUT2D eigenvalue weighted by molar-refractivity contribution is 5.89. The van der Waals surface area contributed by atoms with Crippen molar-refractivity contribution in [3.8, 4) is 0 Å². The van der Waals surface area contributed by atoms with Crippen molar-refractivity contribution in [1.29, 1.82) is 0 Å². The Morgan fingerprint density at radius 3 is 2.16 bits per heavy atom. The molecule has 0 radical (unpaired) electrons. The van der Waals surface area contributed by atoms with Crippen molar-refractivity contribution in [1.82, 2.24) is 0 Å². The van der Waals surface area contributed by atoms with Crippen LogP contribution in [0.15, 0.2) is 18.2 Å². The Kier molecular flexibility index (Phi) is 11.1. The third-order valence-corrected chi connectivity index (χ3v) is 4.43. The second kappa shape index (κ2) is 12.8. The maximum Gasteiger partial charge on any atom is 0.341 e. The van der Waals surface area contributed by atoms with Crippen molar-refractivity contribution in [3.05, 3.63) is 35.4 Å². The molecule has 0 aliphatic carbocycles. The normalized spacial score (nSPS) is 12.2. The Labute approximate surface area is 151 Å². The van der Waals surface area contributed by atoms with Crippen LogP contribution >= 0.6 is 0 Å². The van der Waals surface area contributed by atoms with Gasteiger partial charge in [-0.15, -0.1) is 0 Å². The third-order valence-electron chi connectivity index (χ3n) is 4.43. The molecule has 0 saturated heterocycles. The Morgan fingerprint density at radius 2 is 1.52 bits per heavy atom. The van der Waals surface area contributed by atoms with Gasteiger partial charge in [-0.3, -0.25) is 0 Å². The first-order valence-electron chi connectivity index (χ1n) is 9.74. The van der Waals surface area contributed by atoms with Crippen LogP contribution in [0.3, 0.4) is 0 Å². The first-order valence-corrected chi connectivity index (χ1v) is 9.74. The fourth-order valence-corrected chi connectivity index (χ4v) is 2.89. The molecule has 0 amide bonds. The molecule has 1 unspecified atom stereocenters. The van der Waals surface area contributed by atoms with Crippen LogP contribution < -0.4 is 0 Å². The van der Waals surface area contributed by atoms with E-state index in [2.05, 4.69) is 13.8 Å². The number of hydrogen-bond acceptors (Lipinski definition) is 2. The number of halogens is 2. The SMILES string of the molecule is CCCCCCCCCC(CCCC)OC(=O)c1ccc(F)cc1F. The summed E-state index contributed by atoms with van der Waals surface area (Å²) in [7, 11) is 0. The first-order chi connectivity index (χ1) is 12.1. The fraction of sp³-hybridized carbons (Fsp3) is 0.667. The van der Waals surface area contributed by atoms with Gasteiger partial charge in [0.05, 0.1) is 5.56 Å². The molecule has 2 nitrogen and oxygen atoms in total. The second-order valence-corrected chi connectivity index (χ2v) is 6.70. The zero-order valence-electron chi connectivity index (χ0n) is 15.7. The molecule has 142 valence electrons. The molecule has 0 aliphatic rings. The minimum Gasteiger partial charge on any atom is -0.459 e. The molecular weight excluding hydrogens is 322 g/mol. The monoisotopic (exact) mass is 354 g/mol. The van der Waals surface area contributed by atoms with Gasteiger partial charge in [-0.25, -0.2) is 13.6 Å². The van der Waals surface area contributed by atoms with Gasteiger partial charge in [0.2, 0.25) is 0 Å². The quantitative estimate of drug-likeness (QED) is 0.287. The van der Waals surface area contributed by atoms with E-state index in [1.165, 1.54) is 32.1 Å². The van der Waals surface area contributed by atoms with Gasteiger partial charge in [-0.1, -0.05) is 65.2 Å². The summed E-state index contributed by atoms with van der Waals surface area (Å²) in [5.41, 5.74) is -0.192. The molecule has 1 aromatic carbocycles. The average molecular weight is 354 g/mol. The summed E-state index contributed by atoms with van der Waals surface area (Å²) >= 11 is 0. The number of carbonyl (C=O) groups excluding carboxylic acids is 1. The van der Waals surface area contributed by atoms with E-state index < -0.39 is 17.6 Å². The maximum atomic E-state index is 13.7. The number of esters is 1. The fourth-order valence-electron chi connectivity index (χ4n) is 2.89. The van der Waals surface area contributed by atoms with E-state index >= 15 is 0 Å². The highest BCUT2D eigenvalue weighted by Gasteiger charge is 2.19. The predicted molar refractivity (Wildman–Crippen MR) is 97.7 cm³/mol. The van der Waals surface area contributed by atoms with Gasteiger partial charge in [-0.05, 0) is 31.4 Å². The van der Waals surface area contributed by atoms with Gasteiger partial charge in [0, 0.05) is 6.07 Å². The molecular formula is C21H32F2O2. The molecule has 4 heteroatoms. The maximum absolute atomic E-state index is 13.7. The molecule has 0 bridgehead atoms. The molecule has 0 spiro atoms. The second-order valence-electron chi connectivity index (χ2n) is 6.70. The summed E-state index contributed by atoms with van der Waals surface area (Å²) < 4.78 is 32.2. The molecule has 1 rings (SSSR count). The van der Waals surface area contributed by atoms with E-state index in [0.717, 1.165) is 50.7 Å². The highest BCUT2D eigenvalue weighted by Crippen LogP contribution is 2.18. The van der Waals surface area contributed by atoms with Crippen molar-refractivity contribution < 1.29 is 18.3 Å². The van der Waals surface area contributed by atoms with Crippen LogP contribution in [0.2, 0.25) is 0 Å². The van der Waals surface area contributed by atoms with E-state index in [0.29, 0.717) is 6.07 Å². The Bertz CT molecular complexity index is 503. The average Bonchev–Trinajstić information content (AvgIpc) is 2.58. The van der Waals surface area contributed by atoms with Gasteiger partial charge >= 0.3 is 5.97 Å². The highest BCUT2D eigenvalue weighted by atomic mass is 19.1. The summed E-state index contributed by atoms with van der Waals surface area (Å²) in [6.07, 6.45) is 11.8. The topological polar surface area (TPSA) is 26.3 Å². The van der Waals surface area contributed by atoms with Crippen molar-refractivity contribution in [2.24, 2.45) is 0 Å². The summed E-state index contributed by atoms with van der Waals surface area (Å²) in [6, 6.07) is 2.95. The van der Waals surface area contributed by atoms with Gasteiger partial charge in [-0.2, -0.15) is 0 Å². The van der Waals surface area contributed by atoms with E-state index in [4.69, 9.17) is 4.74 Å². The molecule has 0 aromatic heterocycles. The lowest BCUT2D eigenvalue weighted by Crippen LogP contribution is -2.19. The molecule has 0 N–H and O–H groups in total. The van der Waals surface area contributed by atoms with E-state index in [9.17, 15) is 13.6 Å². The smallest absolute Gasteiger partial charge is 0.341 e. The van der Waals surface area contributed by atoms with E-state index in [1.54, 1.807) is 0 Å². The van der Waals surface area contributed by atoms with Crippen LogP contribution in [0, 0.1) is 11.6 Å². The summed E-state index contributed by atoms with van der Waals surface area (Å²) in [4.78, 5) is 12.2. The van der Waals surface area contributed by atoms with Gasteiger partial charge in [0.15, 0.2) is 0 Å². The Morgan fingerprint density at radius 1 is 0.920 bits per heavy atom. The largest absolute Gasteiger partial charge is 0.459 e. The lowest BCUT2D eigenvalue weighted by Gasteiger charge is -2.18. The molecule has 0 heterocycles. The van der Waals surface area contributed by atoms with Crippen LogP contribution in [0.25, 0.3) is 0 Å². The molecule has 0 aliphatic heterocycles. The minimum atomic E-state index is -0.866. The number of carbonyl (C=O) groups is 1. The minimum absolute atomic E-state index is 0.187. The third kappa shape index (κ3) is 8.99. The number of benzene rings is 1. The zero-order valence-corrected chi connectivity index (χ0v) is 15.7. The standard InChI is InChI=1S/C21H32F2O2/c1-3-5-7-8-9-10-11-13-18(12-6-4-2)25-21(24)19-15-14-17(22)16-20(19)23/h14-16,18H,3-13H2,1-2H3. The Balaban J connectivity index is 2.44. The van der Waals surface area contributed by atoms with Crippen LogP contribution in [-0.2, 0) is 4.74 Å². The zero-order chi connectivity index (χ0) is 18.5. The van der Waals surface area contributed by atoms with Crippen LogP contribution in [-0.4, -0.2) is 12.1 Å². The molecule has 25 heavy (non-hydrogen) atoms. The van der Waals surface area contributed by atoms with Gasteiger partial charge < -0.3 is 4.74 Å². The molecule has 1 aromatic rings. The molecule has 0 fully saturated rings. The van der Waals surface area contributed by atoms with Crippen molar-refractivity contribution in [2.75, 3.05) is 0 Å². The summed E-state index contributed by atoms with van der Waals surface area (Å²) in [5.74, 6) is -2.25. The number of rotatable bonds is 13.